The van der Waals surface area contributed by atoms with Crippen LogP contribution in [-0.2, 0) is 9.53 Å². The second kappa shape index (κ2) is 6.56. The van der Waals surface area contributed by atoms with Crippen LogP contribution < -0.4 is 5.32 Å². The fourth-order valence-electron chi connectivity index (χ4n) is 3.02. The first-order valence-corrected chi connectivity index (χ1v) is 7.67. The first-order valence-electron chi connectivity index (χ1n) is 7.67. The average molecular weight is 289 g/mol. The van der Waals surface area contributed by atoms with Gasteiger partial charge in [-0.15, -0.1) is 0 Å². The lowest BCUT2D eigenvalue weighted by atomic mass is 10.1. The van der Waals surface area contributed by atoms with Gasteiger partial charge in [-0.25, -0.2) is 0 Å². The van der Waals surface area contributed by atoms with Gasteiger partial charge < -0.3 is 9.64 Å². The van der Waals surface area contributed by atoms with E-state index in [1.54, 1.807) is 0 Å². The molecule has 2 unspecified atom stereocenters. The van der Waals surface area contributed by atoms with E-state index in [0.29, 0.717) is 0 Å². The van der Waals surface area contributed by atoms with Crippen LogP contribution in [0.4, 0.5) is 0 Å². The third kappa shape index (κ3) is 3.26. The van der Waals surface area contributed by atoms with Crippen LogP contribution in [-0.4, -0.2) is 61.3 Å². The summed E-state index contributed by atoms with van der Waals surface area (Å²) in [7, 11) is 0. The van der Waals surface area contributed by atoms with E-state index in [4.69, 9.17) is 4.74 Å². The van der Waals surface area contributed by atoms with Crippen molar-refractivity contribution in [2.24, 2.45) is 0 Å². The molecule has 114 valence electrons. The zero-order valence-corrected chi connectivity index (χ0v) is 12.5. The molecule has 0 radical (unpaired) electrons. The van der Waals surface area contributed by atoms with E-state index >= 15 is 0 Å². The molecule has 21 heavy (non-hydrogen) atoms. The molecule has 1 aromatic rings. The maximum Gasteiger partial charge on any atom is 0.245 e. The summed E-state index contributed by atoms with van der Waals surface area (Å²) in [5.74, 6) is 0.182. The summed E-state index contributed by atoms with van der Waals surface area (Å²) in [6.07, 6.45) is 0.0868. The highest BCUT2D eigenvalue weighted by Crippen LogP contribution is 2.23. The van der Waals surface area contributed by atoms with Gasteiger partial charge in [-0.2, -0.15) is 0 Å². The Morgan fingerprint density at radius 3 is 2.62 bits per heavy atom. The Balaban J connectivity index is 1.60. The van der Waals surface area contributed by atoms with Crippen LogP contribution in [0.25, 0.3) is 0 Å². The van der Waals surface area contributed by atoms with Crippen molar-refractivity contribution in [1.29, 1.82) is 0 Å². The number of nitrogens with one attached hydrogen (secondary N) is 1. The number of nitrogens with zero attached hydrogens (tertiary/aromatic N) is 2. The van der Waals surface area contributed by atoms with E-state index in [1.165, 1.54) is 0 Å². The van der Waals surface area contributed by atoms with Crippen molar-refractivity contribution in [2.45, 2.75) is 19.1 Å². The Kier molecular flexibility index (Phi) is 4.53. The van der Waals surface area contributed by atoms with Gasteiger partial charge in [0.15, 0.2) is 0 Å². The molecule has 2 aliphatic rings. The highest BCUT2D eigenvalue weighted by molar-refractivity contribution is 5.85. The Morgan fingerprint density at radius 1 is 1.19 bits per heavy atom. The number of carbonyl (C=O) groups excluding carboxylic acids is 1. The van der Waals surface area contributed by atoms with E-state index < -0.39 is 0 Å². The highest BCUT2D eigenvalue weighted by atomic mass is 16.5. The molecule has 2 aliphatic heterocycles. The molecule has 1 N–H and O–H groups in total. The van der Waals surface area contributed by atoms with Gasteiger partial charge in [0, 0.05) is 26.2 Å². The van der Waals surface area contributed by atoms with E-state index in [-0.39, 0.29) is 18.1 Å². The third-order valence-corrected chi connectivity index (χ3v) is 4.30. The number of amides is 1. The van der Waals surface area contributed by atoms with E-state index in [9.17, 15) is 4.79 Å². The van der Waals surface area contributed by atoms with Crippen LogP contribution in [0.2, 0.25) is 0 Å². The van der Waals surface area contributed by atoms with Crippen LogP contribution in [0, 0.1) is 0 Å². The van der Waals surface area contributed by atoms with Crippen LogP contribution >= 0.6 is 0 Å². The van der Waals surface area contributed by atoms with Crippen LogP contribution in [0.15, 0.2) is 30.3 Å². The summed E-state index contributed by atoms with van der Waals surface area (Å²) in [4.78, 5) is 16.9. The second-order valence-corrected chi connectivity index (χ2v) is 5.67. The van der Waals surface area contributed by atoms with Gasteiger partial charge >= 0.3 is 0 Å². The van der Waals surface area contributed by atoms with Gasteiger partial charge in [0.2, 0.25) is 5.91 Å². The maximum absolute atomic E-state index is 12.6. The van der Waals surface area contributed by atoms with Crippen LogP contribution in [0.5, 0.6) is 0 Å². The quantitative estimate of drug-likeness (QED) is 0.892. The molecule has 1 aromatic carbocycles. The van der Waals surface area contributed by atoms with Crippen molar-refractivity contribution < 1.29 is 9.53 Å². The molecule has 0 spiro atoms. The lowest BCUT2D eigenvalue weighted by molar-refractivity contribution is -0.130. The van der Waals surface area contributed by atoms with Gasteiger partial charge in [-0.1, -0.05) is 30.3 Å². The molecule has 0 aromatic heterocycles. The van der Waals surface area contributed by atoms with Gasteiger partial charge in [-0.3, -0.25) is 15.0 Å². The van der Waals surface area contributed by atoms with Gasteiger partial charge in [0.25, 0.3) is 0 Å². The van der Waals surface area contributed by atoms with Gasteiger partial charge in [0.1, 0.15) is 6.04 Å². The van der Waals surface area contributed by atoms with E-state index in [2.05, 4.69) is 17.1 Å². The molecule has 2 saturated heterocycles. The van der Waals surface area contributed by atoms with Gasteiger partial charge in [0.05, 0.1) is 19.4 Å². The molecule has 2 heterocycles. The monoisotopic (exact) mass is 289 g/mol. The molecular formula is C16H23N3O2. The Morgan fingerprint density at radius 2 is 1.90 bits per heavy atom. The molecule has 0 bridgehead atoms. The normalized spacial score (nSPS) is 27.3. The van der Waals surface area contributed by atoms with Crippen molar-refractivity contribution in [3.63, 3.8) is 0 Å². The Hall–Kier alpha value is -1.43. The fraction of sp³-hybridized carbons (Fsp3) is 0.562. The molecule has 2 fully saturated rings. The number of hydrogen-bond donors (Lipinski definition) is 1. The summed E-state index contributed by atoms with van der Waals surface area (Å²) < 4.78 is 5.35. The molecule has 1 amide bonds. The highest BCUT2D eigenvalue weighted by Gasteiger charge is 2.37. The lowest BCUT2D eigenvalue weighted by Crippen LogP contribution is -2.44. The fourth-order valence-corrected chi connectivity index (χ4v) is 3.02. The zero-order chi connectivity index (χ0) is 14.7. The summed E-state index contributed by atoms with van der Waals surface area (Å²) >= 11 is 0. The Bertz CT molecular complexity index is 474. The summed E-state index contributed by atoms with van der Waals surface area (Å²) in [5.41, 5.74) is 1.04. The number of rotatable bonds is 4. The van der Waals surface area contributed by atoms with Gasteiger partial charge in [-0.05, 0) is 12.5 Å². The summed E-state index contributed by atoms with van der Waals surface area (Å²) in [6.45, 7) is 7.28. The molecule has 5 nitrogen and oxygen atoms in total. The molecular weight excluding hydrogens is 266 g/mol. The standard InChI is InChI=1S/C16H23N3O2/c1-13-17-15(14-5-3-2-4-6-14)16(20)19(13)8-7-18-9-11-21-12-10-18/h2-6,13,15,17H,7-12H2,1H3. The first-order chi connectivity index (χ1) is 10.3. The first kappa shape index (κ1) is 14.5. The summed E-state index contributed by atoms with van der Waals surface area (Å²) in [6, 6.07) is 9.74. The van der Waals surface area contributed by atoms with Crippen molar-refractivity contribution in [3.05, 3.63) is 35.9 Å². The summed E-state index contributed by atoms with van der Waals surface area (Å²) in [5, 5.41) is 3.39. The predicted molar refractivity (Wildman–Crippen MR) is 80.8 cm³/mol. The molecule has 0 saturated carbocycles. The van der Waals surface area contributed by atoms with Crippen LogP contribution in [0.3, 0.4) is 0 Å². The third-order valence-electron chi connectivity index (χ3n) is 4.30. The smallest absolute Gasteiger partial charge is 0.245 e. The number of ether oxygens (including phenoxy) is 1. The molecule has 5 heteroatoms. The lowest BCUT2D eigenvalue weighted by Gasteiger charge is -2.29. The SMILES string of the molecule is CC1NC(c2ccccc2)C(=O)N1CCN1CCOCC1. The zero-order valence-electron chi connectivity index (χ0n) is 12.5. The predicted octanol–water partition coefficient (Wildman–Crippen LogP) is 0.838. The maximum atomic E-state index is 12.6. The minimum atomic E-state index is -0.203. The molecule has 0 aliphatic carbocycles. The van der Waals surface area contributed by atoms with Crippen molar-refractivity contribution in [2.75, 3.05) is 39.4 Å². The van der Waals surface area contributed by atoms with Crippen molar-refractivity contribution in [1.82, 2.24) is 15.1 Å². The molecule has 3 rings (SSSR count). The van der Waals surface area contributed by atoms with E-state index in [0.717, 1.165) is 45.0 Å². The number of hydrogen-bond acceptors (Lipinski definition) is 4. The van der Waals surface area contributed by atoms with E-state index in [1.807, 2.05) is 35.2 Å². The van der Waals surface area contributed by atoms with Crippen molar-refractivity contribution in [3.8, 4) is 0 Å². The number of benzene rings is 1. The minimum Gasteiger partial charge on any atom is -0.379 e. The minimum absolute atomic E-state index is 0.0868. The van der Waals surface area contributed by atoms with Crippen molar-refractivity contribution >= 4 is 5.91 Å². The average Bonchev–Trinajstić information content (AvgIpc) is 2.82. The number of carbonyl (C=O) groups is 1. The largest absolute Gasteiger partial charge is 0.379 e. The topological polar surface area (TPSA) is 44.8 Å². The molecule has 2 atom stereocenters. The van der Waals surface area contributed by atoms with Crippen LogP contribution in [0.1, 0.15) is 18.5 Å². The second-order valence-electron chi connectivity index (χ2n) is 5.67. The Labute approximate surface area is 125 Å². The number of morpholine rings is 1.